The minimum absolute atomic E-state index is 1.33. The Morgan fingerprint density at radius 3 is 1.00 bits per heavy atom. The fraction of sp³-hybridized carbons (Fsp3) is 0. The molecule has 48 heavy (non-hydrogen) atoms. The number of benzene rings is 8. The SMILES string of the molecule is c1ccc2c(c1)ccc1c2sc2c3ccc4ccccc4c3sc12.c1ccc2c(c1)sc1c2ccc2c1ccc1c3ccccc3sc12. The summed E-state index contributed by atoms with van der Waals surface area (Å²) in [7, 11) is 0. The van der Waals surface area contributed by atoms with Crippen LogP contribution in [-0.4, -0.2) is 0 Å². The Balaban J connectivity index is 0.000000117. The summed E-state index contributed by atoms with van der Waals surface area (Å²) < 4.78 is 11.3. The quantitative estimate of drug-likeness (QED) is 0.150. The smallest absolute Gasteiger partial charge is 0.0542 e. The molecule has 0 nitrogen and oxygen atoms in total. The van der Waals surface area contributed by atoms with Crippen LogP contribution in [0.1, 0.15) is 0 Å². The third-order valence-corrected chi connectivity index (χ3v) is 14.9. The number of rotatable bonds is 0. The zero-order chi connectivity index (χ0) is 31.3. The van der Waals surface area contributed by atoms with Gasteiger partial charge in [0.2, 0.25) is 0 Å². The van der Waals surface area contributed by atoms with E-state index in [1.54, 1.807) is 0 Å². The van der Waals surface area contributed by atoms with Gasteiger partial charge in [-0.05, 0) is 33.7 Å². The maximum atomic E-state index is 2.31. The van der Waals surface area contributed by atoms with E-state index in [-0.39, 0.29) is 0 Å². The first-order valence-corrected chi connectivity index (χ1v) is 19.4. The highest BCUT2D eigenvalue weighted by Crippen LogP contribution is 2.48. The van der Waals surface area contributed by atoms with Crippen LogP contribution in [0.25, 0.3) is 102 Å². The van der Waals surface area contributed by atoms with Crippen molar-refractivity contribution >= 4 is 148 Å². The van der Waals surface area contributed by atoms with Crippen LogP contribution in [0.3, 0.4) is 0 Å². The van der Waals surface area contributed by atoms with Gasteiger partial charge >= 0.3 is 0 Å². The molecular weight excluding hydrogens is 657 g/mol. The Hall–Kier alpha value is -4.84. The molecule has 0 atom stereocenters. The molecule has 0 bridgehead atoms. The predicted octanol–water partition coefficient (Wildman–Crippen LogP) is 15.2. The summed E-state index contributed by atoms with van der Waals surface area (Å²) in [6.45, 7) is 0. The van der Waals surface area contributed by atoms with E-state index in [9.17, 15) is 0 Å². The molecular formula is C44H24S4. The van der Waals surface area contributed by atoms with Gasteiger partial charge in [0, 0.05) is 71.3 Å². The molecule has 0 aliphatic carbocycles. The van der Waals surface area contributed by atoms with Gasteiger partial charge in [-0.3, -0.25) is 0 Å². The van der Waals surface area contributed by atoms with Crippen molar-refractivity contribution < 1.29 is 0 Å². The lowest BCUT2D eigenvalue weighted by molar-refractivity contribution is 1.82. The summed E-state index contributed by atoms with van der Waals surface area (Å²) in [5, 5.41) is 16.5. The molecule has 0 aliphatic rings. The summed E-state index contributed by atoms with van der Waals surface area (Å²) in [5.74, 6) is 0. The first-order valence-electron chi connectivity index (χ1n) is 16.1. The average molecular weight is 681 g/mol. The van der Waals surface area contributed by atoms with Crippen LogP contribution >= 0.6 is 45.3 Å². The van der Waals surface area contributed by atoms with Crippen molar-refractivity contribution in [3.63, 3.8) is 0 Å². The summed E-state index contributed by atoms with van der Waals surface area (Å²) in [5.41, 5.74) is 0. The fourth-order valence-electron chi connectivity index (χ4n) is 7.49. The fourth-order valence-corrected chi connectivity index (χ4v) is 12.9. The van der Waals surface area contributed by atoms with Gasteiger partial charge < -0.3 is 0 Å². The highest BCUT2D eigenvalue weighted by Gasteiger charge is 2.16. The number of thiophene rings is 4. The van der Waals surface area contributed by atoms with Crippen LogP contribution in [0.15, 0.2) is 146 Å². The lowest BCUT2D eigenvalue weighted by Crippen LogP contribution is -1.74. The predicted molar refractivity (Wildman–Crippen MR) is 219 cm³/mol. The maximum absolute atomic E-state index is 2.31. The molecule has 0 amide bonds. The van der Waals surface area contributed by atoms with E-state index in [4.69, 9.17) is 0 Å². The lowest BCUT2D eigenvalue weighted by atomic mass is 10.0. The lowest BCUT2D eigenvalue weighted by Gasteiger charge is -2.01. The van der Waals surface area contributed by atoms with Crippen molar-refractivity contribution in [2.75, 3.05) is 0 Å². The molecule has 224 valence electrons. The Morgan fingerprint density at radius 1 is 0.208 bits per heavy atom. The van der Waals surface area contributed by atoms with Crippen molar-refractivity contribution in [2.45, 2.75) is 0 Å². The normalized spacial score (nSPS) is 12.2. The van der Waals surface area contributed by atoms with Crippen LogP contribution in [0, 0.1) is 0 Å². The highest BCUT2D eigenvalue weighted by atomic mass is 32.1. The van der Waals surface area contributed by atoms with Crippen molar-refractivity contribution in [3.8, 4) is 0 Å². The van der Waals surface area contributed by atoms with Gasteiger partial charge in [-0.1, -0.05) is 133 Å². The van der Waals surface area contributed by atoms with E-state index in [2.05, 4.69) is 146 Å². The third kappa shape index (κ3) is 3.86. The van der Waals surface area contributed by atoms with Crippen LogP contribution in [0.4, 0.5) is 0 Å². The van der Waals surface area contributed by atoms with Gasteiger partial charge in [-0.25, -0.2) is 0 Å². The average Bonchev–Trinajstić information content (AvgIpc) is 3.91. The highest BCUT2D eigenvalue weighted by molar-refractivity contribution is 7.37. The number of fused-ring (bicyclic) bond motifs is 18. The van der Waals surface area contributed by atoms with Crippen molar-refractivity contribution in [3.05, 3.63) is 146 Å². The molecule has 0 radical (unpaired) electrons. The Labute approximate surface area is 291 Å². The van der Waals surface area contributed by atoms with Crippen LogP contribution in [0.2, 0.25) is 0 Å². The van der Waals surface area contributed by atoms with E-state index in [0.717, 1.165) is 0 Å². The molecule has 4 heteroatoms. The summed E-state index contributed by atoms with van der Waals surface area (Å²) in [4.78, 5) is 0. The molecule has 0 fully saturated rings. The zero-order valence-corrected chi connectivity index (χ0v) is 28.8. The standard InChI is InChI=1S/2C22H12S2/c1-3-7-19-13(5-1)15-9-11-18-17(21(15)23-19)12-10-16-14-6-2-4-8-20(14)24-22(16)18;1-3-7-15-13(5-1)9-11-17-19(15)23-22-18-12-10-14-6-2-4-8-16(14)20(18)24-21(17)22/h2*1-12H. The molecule has 0 N–H and O–H groups in total. The van der Waals surface area contributed by atoms with Crippen molar-refractivity contribution in [1.82, 2.24) is 0 Å². The van der Waals surface area contributed by atoms with Gasteiger partial charge in [0.05, 0.1) is 9.40 Å². The Kier molecular flexibility index (Phi) is 5.84. The molecule has 4 heterocycles. The maximum Gasteiger partial charge on any atom is 0.0542 e. The minimum atomic E-state index is 1.33. The molecule has 12 aromatic rings. The molecule has 12 rings (SSSR count). The van der Waals surface area contributed by atoms with Crippen LogP contribution in [-0.2, 0) is 0 Å². The molecule has 0 unspecified atom stereocenters. The van der Waals surface area contributed by atoms with E-state index in [0.29, 0.717) is 0 Å². The second-order valence-corrected chi connectivity index (χ2v) is 16.5. The third-order valence-electron chi connectivity index (χ3n) is 9.74. The second-order valence-electron chi connectivity index (χ2n) is 12.4. The Bertz CT molecular complexity index is 3020. The van der Waals surface area contributed by atoms with Crippen LogP contribution < -0.4 is 0 Å². The summed E-state index contributed by atoms with van der Waals surface area (Å²) in [6, 6.07) is 53.2. The topological polar surface area (TPSA) is 0 Å². The monoisotopic (exact) mass is 680 g/mol. The largest absolute Gasteiger partial charge is 0.135 e. The van der Waals surface area contributed by atoms with Gasteiger partial charge in [-0.15, -0.1) is 45.3 Å². The number of hydrogen-bond donors (Lipinski definition) is 0. The minimum Gasteiger partial charge on any atom is -0.135 e. The molecule has 0 spiro atoms. The van der Waals surface area contributed by atoms with Crippen molar-refractivity contribution in [1.29, 1.82) is 0 Å². The first-order chi connectivity index (χ1) is 23.8. The molecule has 0 saturated carbocycles. The van der Waals surface area contributed by atoms with E-state index in [1.165, 1.54) is 102 Å². The second kappa shape index (κ2) is 10.3. The van der Waals surface area contributed by atoms with E-state index < -0.39 is 0 Å². The van der Waals surface area contributed by atoms with E-state index in [1.807, 2.05) is 45.3 Å². The van der Waals surface area contributed by atoms with Gasteiger partial charge in [-0.2, -0.15) is 0 Å². The van der Waals surface area contributed by atoms with Gasteiger partial charge in [0.1, 0.15) is 0 Å². The summed E-state index contributed by atoms with van der Waals surface area (Å²) >= 11 is 7.72. The van der Waals surface area contributed by atoms with Crippen LogP contribution in [0.5, 0.6) is 0 Å². The first kappa shape index (κ1) is 27.1. The van der Waals surface area contributed by atoms with Gasteiger partial charge in [0.25, 0.3) is 0 Å². The molecule has 8 aromatic carbocycles. The molecule has 0 aliphatic heterocycles. The molecule has 0 saturated heterocycles. The number of hydrogen-bond acceptors (Lipinski definition) is 4. The van der Waals surface area contributed by atoms with Crippen molar-refractivity contribution in [2.24, 2.45) is 0 Å². The zero-order valence-electron chi connectivity index (χ0n) is 25.5. The van der Waals surface area contributed by atoms with E-state index >= 15 is 0 Å². The molecule has 4 aromatic heterocycles. The Morgan fingerprint density at radius 2 is 0.542 bits per heavy atom. The van der Waals surface area contributed by atoms with Gasteiger partial charge in [0.15, 0.2) is 0 Å². The summed E-state index contributed by atoms with van der Waals surface area (Å²) in [6.07, 6.45) is 0.